The maximum absolute atomic E-state index is 14.5. The van der Waals surface area contributed by atoms with Crippen molar-refractivity contribution in [2.24, 2.45) is 11.8 Å². The number of alkyl halides is 1. The lowest BCUT2D eigenvalue weighted by molar-refractivity contribution is -0.139. The third kappa shape index (κ3) is 4.20. The molecule has 3 aliphatic rings. The van der Waals surface area contributed by atoms with E-state index in [0.717, 1.165) is 25.7 Å². The lowest BCUT2D eigenvalue weighted by Gasteiger charge is -2.35. The van der Waals surface area contributed by atoms with E-state index in [-0.39, 0.29) is 24.9 Å². The van der Waals surface area contributed by atoms with Gasteiger partial charge in [-0.3, -0.25) is 14.4 Å². The van der Waals surface area contributed by atoms with Crippen LogP contribution in [0.25, 0.3) is 5.69 Å². The summed E-state index contributed by atoms with van der Waals surface area (Å²) in [5, 5.41) is 14.0. The molecule has 2 saturated heterocycles. The van der Waals surface area contributed by atoms with Crippen LogP contribution in [0.1, 0.15) is 43.0 Å². The summed E-state index contributed by atoms with van der Waals surface area (Å²) in [4.78, 5) is 40.6. The Bertz CT molecular complexity index is 1070. The number of carbonyl (C=O) groups excluding carboxylic acids is 3. The van der Waals surface area contributed by atoms with Gasteiger partial charge in [-0.2, -0.15) is 0 Å². The summed E-state index contributed by atoms with van der Waals surface area (Å²) >= 11 is 0. The van der Waals surface area contributed by atoms with Crippen LogP contribution in [0, 0.1) is 11.8 Å². The van der Waals surface area contributed by atoms with Gasteiger partial charge in [0.25, 0.3) is 5.91 Å². The molecule has 0 bridgehead atoms. The fourth-order valence-electron chi connectivity index (χ4n) is 5.30. The molecule has 1 saturated carbocycles. The quantitative estimate of drug-likeness (QED) is 0.695. The maximum Gasteiger partial charge on any atom is 0.252 e. The Morgan fingerprint density at radius 1 is 1.24 bits per heavy atom. The lowest BCUT2D eigenvalue weighted by Crippen LogP contribution is -2.55. The van der Waals surface area contributed by atoms with Gasteiger partial charge in [-0.1, -0.05) is 25.8 Å². The third-order valence-corrected chi connectivity index (χ3v) is 7.21. The van der Waals surface area contributed by atoms with Crippen molar-refractivity contribution in [3.8, 4) is 5.69 Å². The zero-order valence-corrected chi connectivity index (χ0v) is 18.8. The van der Waals surface area contributed by atoms with Gasteiger partial charge in [-0.15, -0.1) is 5.10 Å². The van der Waals surface area contributed by atoms with Crippen molar-refractivity contribution in [2.45, 2.75) is 57.0 Å². The van der Waals surface area contributed by atoms with Crippen molar-refractivity contribution in [1.29, 1.82) is 0 Å². The van der Waals surface area contributed by atoms with Crippen LogP contribution in [0.4, 0.5) is 4.39 Å². The van der Waals surface area contributed by atoms with E-state index < -0.39 is 36.2 Å². The highest BCUT2D eigenvalue weighted by molar-refractivity contribution is 5.99. The smallest absolute Gasteiger partial charge is 0.252 e. The molecular weight excluding hydrogens is 443 g/mol. The molecule has 4 atom stereocenters. The average Bonchev–Trinajstić information content (AvgIpc) is 3.58. The van der Waals surface area contributed by atoms with E-state index in [1.807, 2.05) is 0 Å². The summed E-state index contributed by atoms with van der Waals surface area (Å²) in [6.45, 7) is 1.77. The number of tetrazole rings is 1. The first kappa shape index (κ1) is 22.6. The molecule has 1 aromatic heterocycles. The molecule has 1 N–H and O–H groups in total. The lowest BCUT2D eigenvalue weighted by atomic mass is 9.78. The standard InChI is InChI=1S/C23H27FN6O4/c1-13-5-7-14(8-6-13)19(23(33)29-10-17(24)21-20(29)18(31)11-34-21)26-22(32)15-3-2-4-16(9-15)30-12-25-27-28-30/h2-4,9,12-14,17,19-21H,5-8,10-11H2,1H3,(H,26,32)/t13?,14?,17-,19?,20+,21+/m0/s1. The Labute approximate surface area is 195 Å². The van der Waals surface area contributed by atoms with Gasteiger partial charge in [-0.25, -0.2) is 9.07 Å². The van der Waals surface area contributed by atoms with E-state index >= 15 is 0 Å². The SMILES string of the molecule is CC1CCC(C(NC(=O)c2cccc(-n3cnnn3)c2)C(=O)N2C[C@H](F)[C@H]3OCC(=O)[C@H]32)CC1. The van der Waals surface area contributed by atoms with Crippen LogP contribution in [0.15, 0.2) is 30.6 Å². The van der Waals surface area contributed by atoms with Gasteiger partial charge < -0.3 is 15.0 Å². The molecule has 11 heteroatoms. The summed E-state index contributed by atoms with van der Waals surface area (Å²) in [7, 11) is 0. The van der Waals surface area contributed by atoms with E-state index in [4.69, 9.17) is 4.74 Å². The molecule has 5 rings (SSSR count). The predicted octanol–water partition coefficient (Wildman–Crippen LogP) is 1.10. The minimum Gasteiger partial charge on any atom is -0.365 e. The number of amides is 2. The van der Waals surface area contributed by atoms with Crippen molar-refractivity contribution < 1.29 is 23.5 Å². The number of benzene rings is 1. The summed E-state index contributed by atoms with van der Waals surface area (Å²) in [5.41, 5.74) is 0.946. The molecule has 180 valence electrons. The molecule has 0 spiro atoms. The van der Waals surface area contributed by atoms with Gasteiger partial charge in [0.2, 0.25) is 5.91 Å². The van der Waals surface area contributed by atoms with Gasteiger partial charge >= 0.3 is 0 Å². The second-order valence-electron chi connectivity index (χ2n) is 9.47. The number of halogens is 1. The largest absolute Gasteiger partial charge is 0.365 e. The Morgan fingerprint density at radius 3 is 2.76 bits per heavy atom. The molecule has 1 aliphatic carbocycles. The minimum absolute atomic E-state index is 0.0927. The predicted molar refractivity (Wildman–Crippen MR) is 117 cm³/mol. The van der Waals surface area contributed by atoms with E-state index in [9.17, 15) is 18.8 Å². The normalized spacial score (nSPS) is 29.6. The third-order valence-electron chi connectivity index (χ3n) is 7.21. The number of fused-ring (bicyclic) bond motifs is 1. The fourth-order valence-corrected chi connectivity index (χ4v) is 5.30. The van der Waals surface area contributed by atoms with Crippen molar-refractivity contribution >= 4 is 17.6 Å². The summed E-state index contributed by atoms with van der Waals surface area (Å²) in [5.74, 6) is -0.682. The Kier molecular flexibility index (Phi) is 6.11. The van der Waals surface area contributed by atoms with E-state index in [2.05, 4.69) is 27.8 Å². The van der Waals surface area contributed by atoms with Crippen LogP contribution < -0.4 is 5.32 Å². The summed E-state index contributed by atoms with van der Waals surface area (Å²) in [6, 6.07) is 4.97. The first-order valence-electron chi connectivity index (χ1n) is 11.7. The van der Waals surface area contributed by atoms with Crippen molar-refractivity contribution in [3.63, 3.8) is 0 Å². The molecule has 3 fully saturated rings. The number of hydrogen-bond donors (Lipinski definition) is 1. The van der Waals surface area contributed by atoms with E-state index in [1.165, 1.54) is 15.9 Å². The van der Waals surface area contributed by atoms with Crippen molar-refractivity contribution in [1.82, 2.24) is 30.4 Å². The molecule has 2 aromatic rings. The molecular formula is C23H27FN6O4. The monoisotopic (exact) mass is 470 g/mol. The van der Waals surface area contributed by atoms with Crippen molar-refractivity contribution in [3.05, 3.63) is 36.2 Å². The minimum atomic E-state index is -1.42. The second-order valence-corrected chi connectivity index (χ2v) is 9.47. The Balaban J connectivity index is 1.39. The number of likely N-dealkylation sites (tertiary alicyclic amines) is 1. The van der Waals surface area contributed by atoms with Gasteiger partial charge in [0.05, 0.1) is 12.2 Å². The zero-order valence-electron chi connectivity index (χ0n) is 18.8. The first-order valence-corrected chi connectivity index (χ1v) is 11.7. The highest BCUT2D eigenvalue weighted by Gasteiger charge is 2.54. The second kappa shape index (κ2) is 9.21. The topological polar surface area (TPSA) is 119 Å². The number of rotatable bonds is 5. The number of hydrogen-bond acceptors (Lipinski definition) is 7. The number of aromatic nitrogens is 4. The molecule has 0 radical (unpaired) electrons. The van der Waals surface area contributed by atoms with Crippen LogP contribution >= 0.6 is 0 Å². The summed E-state index contributed by atoms with van der Waals surface area (Å²) in [6.07, 6.45) is 2.51. The molecule has 1 unspecified atom stereocenters. The molecule has 2 amide bonds. The number of ether oxygens (including phenoxy) is 1. The Morgan fingerprint density at radius 2 is 2.03 bits per heavy atom. The van der Waals surface area contributed by atoms with Crippen LogP contribution in [-0.2, 0) is 14.3 Å². The number of nitrogens with one attached hydrogen (secondary N) is 1. The molecule has 1 aromatic carbocycles. The molecule has 3 heterocycles. The number of carbonyl (C=O) groups is 3. The van der Waals surface area contributed by atoms with Crippen LogP contribution in [-0.4, -0.2) is 80.2 Å². The molecule has 10 nitrogen and oxygen atoms in total. The van der Waals surface area contributed by atoms with Gasteiger partial charge in [0.15, 0.2) is 5.78 Å². The fraction of sp³-hybridized carbons (Fsp3) is 0.565. The summed E-state index contributed by atoms with van der Waals surface area (Å²) < 4.78 is 21.3. The number of nitrogens with zero attached hydrogens (tertiary/aromatic N) is 5. The number of Topliss-reactive ketones (excluding diaryl/α,β-unsaturated/α-hetero) is 1. The maximum atomic E-state index is 14.5. The number of ketones is 1. The van der Waals surface area contributed by atoms with Gasteiger partial charge in [0.1, 0.15) is 37.3 Å². The zero-order chi connectivity index (χ0) is 23.8. The highest BCUT2D eigenvalue weighted by atomic mass is 19.1. The average molecular weight is 471 g/mol. The first-order chi connectivity index (χ1) is 16.4. The van der Waals surface area contributed by atoms with Gasteiger partial charge in [-0.05, 0) is 53.3 Å². The van der Waals surface area contributed by atoms with Crippen LogP contribution in [0.3, 0.4) is 0 Å². The van der Waals surface area contributed by atoms with E-state index in [0.29, 0.717) is 17.2 Å². The van der Waals surface area contributed by atoms with Gasteiger partial charge in [0, 0.05) is 5.56 Å². The Hall–Kier alpha value is -3.21. The van der Waals surface area contributed by atoms with Crippen LogP contribution in [0.2, 0.25) is 0 Å². The highest BCUT2D eigenvalue weighted by Crippen LogP contribution is 2.34. The molecule has 2 aliphatic heterocycles. The molecule has 34 heavy (non-hydrogen) atoms. The van der Waals surface area contributed by atoms with E-state index in [1.54, 1.807) is 24.3 Å². The van der Waals surface area contributed by atoms with Crippen molar-refractivity contribution in [2.75, 3.05) is 13.2 Å². The van der Waals surface area contributed by atoms with Crippen LogP contribution in [0.5, 0.6) is 0 Å².